The molecule has 1 fully saturated rings. The fourth-order valence-corrected chi connectivity index (χ4v) is 6.16. The van der Waals surface area contributed by atoms with Crippen LogP contribution in [0.1, 0.15) is 55.3 Å². The largest absolute Gasteiger partial charge is 0.497 e. The SMILES string of the molecule is COc1ccc(S(=O)(=O)N2CCC(C(=O)N[C@H](C)c3ccc4c(c3)CCCC4)CC2)cc1. The first-order chi connectivity index (χ1) is 15.4. The maximum atomic E-state index is 12.9. The molecule has 1 amide bonds. The Labute approximate surface area is 191 Å². The summed E-state index contributed by atoms with van der Waals surface area (Å²) in [6, 6.07) is 12.9. The van der Waals surface area contributed by atoms with Crippen LogP contribution in [0, 0.1) is 5.92 Å². The molecule has 0 spiro atoms. The van der Waals surface area contributed by atoms with E-state index in [4.69, 9.17) is 4.74 Å². The highest BCUT2D eigenvalue weighted by Crippen LogP contribution is 2.27. The molecule has 7 heteroatoms. The number of carbonyl (C=O) groups is 1. The number of methoxy groups -OCH3 is 1. The number of benzene rings is 2. The van der Waals surface area contributed by atoms with Crippen molar-refractivity contribution >= 4 is 15.9 Å². The zero-order valence-electron chi connectivity index (χ0n) is 18.8. The molecule has 2 aromatic rings. The van der Waals surface area contributed by atoms with Crippen molar-refractivity contribution in [1.29, 1.82) is 0 Å². The first-order valence-electron chi connectivity index (χ1n) is 11.4. The van der Waals surface area contributed by atoms with Gasteiger partial charge in [0.25, 0.3) is 0 Å². The van der Waals surface area contributed by atoms with E-state index in [0.29, 0.717) is 31.7 Å². The number of rotatable bonds is 6. The Bertz CT molecular complexity index is 1060. The van der Waals surface area contributed by atoms with Gasteiger partial charge in [-0.15, -0.1) is 0 Å². The van der Waals surface area contributed by atoms with Gasteiger partial charge in [0.2, 0.25) is 15.9 Å². The highest BCUT2D eigenvalue weighted by atomic mass is 32.2. The number of ether oxygens (including phenoxy) is 1. The van der Waals surface area contributed by atoms with Crippen LogP contribution in [0.15, 0.2) is 47.4 Å². The third-order valence-electron chi connectivity index (χ3n) is 6.75. The quantitative estimate of drug-likeness (QED) is 0.716. The molecule has 1 heterocycles. The van der Waals surface area contributed by atoms with Crippen LogP contribution in [0.3, 0.4) is 0 Å². The normalized spacial score (nSPS) is 18.6. The van der Waals surface area contributed by atoms with E-state index in [2.05, 4.69) is 23.5 Å². The van der Waals surface area contributed by atoms with Crippen LogP contribution in [0.25, 0.3) is 0 Å². The number of carbonyl (C=O) groups excluding carboxylic acids is 1. The number of amides is 1. The molecule has 172 valence electrons. The Morgan fingerprint density at radius 3 is 2.34 bits per heavy atom. The van der Waals surface area contributed by atoms with E-state index in [1.807, 2.05) is 6.92 Å². The van der Waals surface area contributed by atoms with Crippen molar-refractivity contribution in [3.05, 3.63) is 59.2 Å². The molecule has 1 N–H and O–H groups in total. The smallest absolute Gasteiger partial charge is 0.243 e. The molecule has 0 saturated carbocycles. The van der Waals surface area contributed by atoms with E-state index in [-0.39, 0.29) is 22.8 Å². The van der Waals surface area contributed by atoms with Crippen molar-refractivity contribution in [3.8, 4) is 5.75 Å². The van der Waals surface area contributed by atoms with Crippen molar-refractivity contribution in [2.45, 2.75) is 56.4 Å². The van der Waals surface area contributed by atoms with Crippen LogP contribution in [-0.2, 0) is 27.7 Å². The number of piperidine rings is 1. The summed E-state index contributed by atoms with van der Waals surface area (Å²) in [5.74, 6) is 0.460. The summed E-state index contributed by atoms with van der Waals surface area (Å²) in [4.78, 5) is 13.1. The monoisotopic (exact) mass is 456 g/mol. The molecule has 1 aliphatic carbocycles. The van der Waals surface area contributed by atoms with E-state index in [1.165, 1.54) is 28.3 Å². The van der Waals surface area contributed by atoms with Crippen molar-refractivity contribution < 1.29 is 17.9 Å². The van der Waals surface area contributed by atoms with Gasteiger partial charge in [0.15, 0.2) is 0 Å². The van der Waals surface area contributed by atoms with Crippen LogP contribution < -0.4 is 10.1 Å². The van der Waals surface area contributed by atoms with Gasteiger partial charge >= 0.3 is 0 Å². The Morgan fingerprint density at radius 1 is 1.03 bits per heavy atom. The molecule has 6 nitrogen and oxygen atoms in total. The van der Waals surface area contributed by atoms with Crippen molar-refractivity contribution in [3.63, 3.8) is 0 Å². The molecular weight excluding hydrogens is 424 g/mol. The van der Waals surface area contributed by atoms with Gasteiger partial charge in [0, 0.05) is 19.0 Å². The van der Waals surface area contributed by atoms with Gasteiger partial charge < -0.3 is 10.1 Å². The molecule has 2 aliphatic rings. The average molecular weight is 457 g/mol. The van der Waals surface area contributed by atoms with Crippen LogP contribution in [0.4, 0.5) is 0 Å². The molecule has 32 heavy (non-hydrogen) atoms. The average Bonchev–Trinajstić information content (AvgIpc) is 2.83. The summed E-state index contributed by atoms with van der Waals surface area (Å²) in [6.07, 6.45) is 5.80. The molecular formula is C25H32N2O4S. The topological polar surface area (TPSA) is 75.7 Å². The lowest BCUT2D eigenvalue weighted by Gasteiger charge is -2.31. The zero-order chi connectivity index (χ0) is 22.7. The summed E-state index contributed by atoms with van der Waals surface area (Å²) < 4.78 is 32.4. The third-order valence-corrected chi connectivity index (χ3v) is 8.67. The predicted molar refractivity (Wildman–Crippen MR) is 124 cm³/mol. The first kappa shape index (κ1) is 22.8. The van der Waals surface area contributed by atoms with Crippen molar-refractivity contribution in [2.75, 3.05) is 20.2 Å². The van der Waals surface area contributed by atoms with Crippen LogP contribution in [0.5, 0.6) is 5.75 Å². The van der Waals surface area contributed by atoms with Gasteiger partial charge in [-0.25, -0.2) is 8.42 Å². The molecule has 1 atom stereocenters. The van der Waals surface area contributed by atoms with Crippen molar-refractivity contribution in [1.82, 2.24) is 9.62 Å². The molecule has 0 unspecified atom stereocenters. The molecule has 0 aromatic heterocycles. The maximum absolute atomic E-state index is 12.9. The first-order valence-corrected chi connectivity index (χ1v) is 12.9. The highest BCUT2D eigenvalue weighted by molar-refractivity contribution is 7.89. The lowest BCUT2D eigenvalue weighted by Crippen LogP contribution is -2.43. The van der Waals surface area contributed by atoms with Crippen LogP contribution in [-0.4, -0.2) is 38.8 Å². The molecule has 0 bridgehead atoms. The van der Waals surface area contributed by atoms with Gasteiger partial charge in [-0.2, -0.15) is 4.31 Å². The van der Waals surface area contributed by atoms with Gasteiger partial charge in [0.1, 0.15) is 5.75 Å². The second kappa shape index (κ2) is 9.63. The number of hydrogen-bond donors (Lipinski definition) is 1. The minimum Gasteiger partial charge on any atom is -0.497 e. The lowest BCUT2D eigenvalue weighted by atomic mass is 9.89. The number of fused-ring (bicyclic) bond motifs is 1. The molecule has 0 radical (unpaired) electrons. The van der Waals surface area contributed by atoms with Gasteiger partial charge in [-0.05, 0) is 86.4 Å². The van der Waals surface area contributed by atoms with Crippen molar-refractivity contribution in [2.24, 2.45) is 5.92 Å². The fraction of sp³-hybridized carbons (Fsp3) is 0.480. The predicted octanol–water partition coefficient (Wildman–Crippen LogP) is 3.85. The minimum atomic E-state index is -3.56. The Hall–Kier alpha value is -2.38. The third kappa shape index (κ3) is 4.84. The van der Waals surface area contributed by atoms with Gasteiger partial charge in [-0.1, -0.05) is 18.2 Å². The number of nitrogens with zero attached hydrogens (tertiary/aromatic N) is 1. The number of nitrogens with one attached hydrogen (secondary N) is 1. The Kier molecular flexibility index (Phi) is 6.86. The van der Waals surface area contributed by atoms with Crippen LogP contribution >= 0.6 is 0 Å². The molecule has 1 aliphatic heterocycles. The Balaban J connectivity index is 1.34. The second-order valence-electron chi connectivity index (χ2n) is 8.82. The highest BCUT2D eigenvalue weighted by Gasteiger charge is 2.32. The van der Waals surface area contributed by atoms with Gasteiger partial charge in [-0.3, -0.25) is 4.79 Å². The summed E-state index contributed by atoms with van der Waals surface area (Å²) in [6.45, 7) is 2.71. The number of sulfonamides is 1. The lowest BCUT2D eigenvalue weighted by molar-refractivity contribution is -0.126. The minimum absolute atomic E-state index is 0.0108. The number of hydrogen-bond acceptors (Lipinski definition) is 4. The van der Waals surface area contributed by atoms with Gasteiger partial charge in [0.05, 0.1) is 18.0 Å². The second-order valence-corrected chi connectivity index (χ2v) is 10.8. The summed E-state index contributed by atoms with van der Waals surface area (Å²) >= 11 is 0. The Morgan fingerprint density at radius 2 is 1.69 bits per heavy atom. The maximum Gasteiger partial charge on any atom is 0.243 e. The van der Waals surface area contributed by atoms with E-state index in [1.54, 1.807) is 31.4 Å². The molecule has 2 aromatic carbocycles. The summed E-state index contributed by atoms with van der Waals surface area (Å²) in [5, 5.41) is 3.15. The van der Waals surface area contributed by atoms with E-state index >= 15 is 0 Å². The molecule has 1 saturated heterocycles. The van der Waals surface area contributed by atoms with Crippen LogP contribution in [0.2, 0.25) is 0 Å². The summed E-state index contributed by atoms with van der Waals surface area (Å²) in [7, 11) is -2.02. The van der Waals surface area contributed by atoms with E-state index < -0.39 is 10.0 Å². The summed E-state index contributed by atoms with van der Waals surface area (Å²) in [5.41, 5.74) is 3.98. The van der Waals surface area contributed by atoms with E-state index in [0.717, 1.165) is 18.4 Å². The fourth-order valence-electron chi connectivity index (χ4n) is 4.69. The van der Waals surface area contributed by atoms with E-state index in [9.17, 15) is 13.2 Å². The zero-order valence-corrected chi connectivity index (χ0v) is 19.7. The number of aryl methyl sites for hydroxylation is 2. The molecule has 4 rings (SSSR count). The standard InChI is InChI=1S/C25H32N2O4S/c1-18(21-8-7-19-5-3-4-6-22(19)17-21)26-25(28)20-13-15-27(16-14-20)32(29,30)24-11-9-23(31-2)10-12-24/h7-12,17-18,20H,3-6,13-16H2,1-2H3,(H,26,28)/t18-/m1/s1.